The van der Waals surface area contributed by atoms with Gasteiger partial charge in [0.1, 0.15) is 0 Å². The highest BCUT2D eigenvalue weighted by molar-refractivity contribution is 9.10. The zero-order chi connectivity index (χ0) is 18.4. The standard InChI is InChI=1S/C23H19BrO2/c24-21-13-11-17(12-14-21)20(15-22(25)18-7-3-1-4-8-18)16-23(26)19-9-5-2-6-10-19/h1-14,20H,15-16H2. The van der Waals surface area contributed by atoms with Gasteiger partial charge >= 0.3 is 0 Å². The predicted octanol–water partition coefficient (Wildman–Crippen LogP) is 6.08. The van der Waals surface area contributed by atoms with Crippen LogP contribution in [0, 0.1) is 0 Å². The predicted molar refractivity (Wildman–Crippen MR) is 108 cm³/mol. The maximum atomic E-state index is 12.7. The average Bonchev–Trinajstić information content (AvgIpc) is 2.69. The summed E-state index contributed by atoms with van der Waals surface area (Å²) in [5.41, 5.74) is 2.37. The number of Topliss-reactive ketones (excluding diaryl/α,β-unsaturated/α-hetero) is 2. The van der Waals surface area contributed by atoms with Gasteiger partial charge in [-0.1, -0.05) is 88.7 Å². The quantitative estimate of drug-likeness (QED) is 0.445. The number of carbonyl (C=O) groups is 2. The molecule has 3 rings (SSSR count). The van der Waals surface area contributed by atoms with Gasteiger partial charge in [0, 0.05) is 28.4 Å². The summed E-state index contributed by atoms with van der Waals surface area (Å²) in [5, 5.41) is 0. The van der Waals surface area contributed by atoms with E-state index in [1.54, 1.807) is 0 Å². The third-order valence-electron chi connectivity index (χ3n) is 4.40. The van der Waals surface area contributed by atoms with Crippen LogP contribution in [0.1, 0.15) is 45.0 Å². The summed E-state index contributed by atoms with van der Waals surface area (Å²) in [7, 11) is 0. The molecule has 2 nitrogen and oxygen atoms in total. The van der Waals surface area contributed by atoms with Crippen molar-refractivity contribution < 1.29 is 9.59 Å². The molecule has 0 unspecified atom stereocenters. The molecule has 3 aromatic rings. The van der Waals surface area contributed by atoms with Crippen molar-refractivity contribution >= 4 is 27.5 Å². The summed E-state index contributed by atoms with van der Waals surface area (Å²) in [5.74, 6) is -0.0396. The van der Waals surface area contributed by atoms with Crippen LogP contribution in [0.5, 0.6) is 0 Å². The third kappa shape index (κ3) is 4.77. The van der Waals surface area contributed by atoms with Crippen LogP contribution in [0.15, 0.2) is 89.4 Å². The highest BCUT2D eigenvalue weighted by atomic mass is 79.9. The summed E-state index contributed by atoms with van der Waals surface area (Å²) in [4.78, 5) is 25.4. The molecule has 130 valence electrons. The van der Waals surface area contributed by atoms with E-state index in [2.05, 4.69) is 15.9 Å². The van der Waals surface area contributed by atoms with E-state index in [0.29, 0.717) is 24.0 Å². The Morgan fingerprint density at radius 3 is 1.50 bits per heavy atom. The van der Waals surface area contributed by atoms with E-state index in [4.69, 9.17) is 0 Å². The molecule has 0 aliphatic heterocycles. The number of hydrogen-bond acceptors (Lipinski definition) is 2. The summed E-state index contributed by atoms with van der Waals surface area (Å²) in [6.45, 7) is 0. The van der Waals surface area contributed by atoms with Gasteiger partial charge in [0.2, 0.25) is 0 Å². The maximum absolute atomic E-state index is 12.7. The molecule has 0 bridgehead atoms. The first-order valence-corrected chi connectivity index (χ1v) is 9.35. The van der Waals surface area contributed by atoms with Crippen molar-refractivity contribution in [3.63, 3.8) is 0 Å². The number of hydrogen-bond donors (Lipinski definition) is 0. The van der Waals surface area contributed by atoms with Crippen LogP contribution in [-0.4, -0.2) is 11.6 Å². The lowest BCUT2D eigenvalue weighted by Gasteiger charge is -2.16. The molecule has 0 atom stereocenters. The molecule has 0 saturated carbocycles. The highest BCUT2D eigenvalue weighted by Crippen LogP contribution is 2.28. The minimum Gasteiger partial charge on any atom is -0.294 e. The number of carbonyl (C=O) groups excluding carboxylic acids is 2. The first-order chi connectivity index (χ1) is 12.6. The fraction of sp³-hybridized carbons (Fsp3) is 0.130. The molecule has 0 aliphatic rings. The summed E-state index contributed by atoms with van der Waals surface area (Å²) in [6, 6.07) is 26.3. The van der Waals surface area contributed by atoms with E-state index in [1.807, 2.05) is 84.9 Å². The van der Waals surface area contributed by atoms with Gasteiger partial charge in [0.15, 0.2) is 11.6 Å². The van der Waals surface area contributed by atoms with Crippen LogP contribution in [0.2, 0.25) is 0 Å². The summed E-state index contributed by atoms with van der Waals surface area (Å²) >= 11 is 3.44. The van der Waals surface area contributed by atoms with E-state index in [9.17, 15) is 9.59 Å². The van der Waals surface area contributed by atoms with Gasteiger partial charge in [-0.05, 0) is 23.6 Å². The zero-order valence-corrected chi connectivity index (χ0v) is 15.9. The summed E-state index contributed by atoms with van der Waals surface area (Å²) in [6.07, 6.45) is 0.619. The van der Waals surface area contributed by atoms with Crippen molar-refractivity contribution in [3.8, 4) is 0 Å². The maximum Gasteiger partial charge on any atom is 0.163 e. The van der Waals surface area contributed by atoms with Crippen LogP contribution in [0.4, 0.5) is 0 Å². The van der Waals surface area contributed by atoms with Crippen molar-refractivity contribution in [2.24, 2.45) is 0 Å². The van der Waals surface area contributed by atoms with Crippen molar-refractivity contribution in [2.75, 3.05) is 0 Å². The Hall–Kier alpha value is -2.52. The molecule has 0 heterocycles. The van der Waals surface area contributed by atoms with Gasteiger partial charge in [0.05, 0.1) is 0 Å². The van der Waals surface area contributed by atoms with Gasteiger partial charge in [-0.3, -0.25) is 9.59 Å². The Labute approximate surface area is 162 Å². The van der Waals surface area contributed by atoms with E-state index in [0.717, 1.165) is 10.0 Å². The van der Waals surface area contributed by atoms with Crippen LogP contribution in [-0.2, 0) is 0 Å². The third-order valence-corrected chi connectivity index (χ3v) is 4.93. The van der Waals surface area contributed by atoms with Gasteiger partial charge in [-0.15, -0.1) is 0 Å². The highest BCUT2D eigenvalue weighted by Gasteiger charge is 2.21. The molecular formula is C23H19BrO2. The van der Waals surface area contributed by atoms with E-state index < -0.39 is 0 Å². The Morgan fingerprint density at radius 2 is 1.08 bits per heavy atom. The Kier molecular flexibility index (Phi) is 6.13. The fourth-order valence-electron chi connectivity index (χ4n) is 2.97. The molecule has 0 N–H and O–H groups in total. The number of halogens is 1. The SMILES string of the molecule is O=C(CC(CC(=O)c1ccccc1)c1ccc(Br)cc1)c1ccccc1. The Balaban J connectivity index is 1.83. The first kappa shape index (κ1) is 18.3. The lowest BCUT2D eigenvalue weighted by molar-refractivity contribution is 0.0944. The zero-order valence-electron chi connectivity index (χ0n) is 14.3. The van der Waals surface area contributed by atoms with Gasteiger partial charge in [0.25, 0.3) is 0 Å². The van der Waals surface area contributed by atoms with E-state index in [1.165, 1.54) is 0 Å². The van der Waals surface area contributed by atoms with E-state index >= 15 is 0 Å². The molecule has 3 heteroatoms. The molecule has 26 heavy (non-hydrogen) atoms. The average molecular weight is 407 g/mol. The molecule has 0 amide bonds. The smallest absolute Gasteiger partial charge is 0.163 e. The largest absolute Gasteiger partial charge is 0.294 e. The van der Waals surface area contributed by atoms with Crippen molar-refractivity contribution in [1.82, 2.24) is 0 Å². The number of ketones is 2. The van der Waals surface area contributed by atoms with Crippen LogP contribution in [0.3, 0.4) is 0 Å². The van der Waals surface area contributed by atoms with Crippen molar-refractivity contribution in [1.29, 1.82) is 0 Å². The van der Waals surface area contributed by atoms with Crippen LogP contribution in [0.25, 0.3) is 0 Å². The topological polar surface area (TPSA) is 34.1 Å². The molecule has 0 saturated heterocycles. The Morgan fingerprint density at radius 1 is 0.654 bits per heavy atom. The summed E-state index contributed by atoms with van der Waals surface area (Å²) < 4.78 is 0.976. The van der Waals surface area contributed by atoms with Crippen LogP contribution < -0.4 is 0 Å². The second kappa shape index (κ2) is 8.72. The van der Waals surface area contributed by atoms with Gasteiger partial charge in [-0.2, -0.15) is 0 Å². The fourth-order valence-corrected chi connectivity index (χ4v) is 3.24. The van der Waals surface area contributed by atoms with Crippen molar-refractivity contribution in [3.05, 3.63) is 106 Å². The normalized spacial score (nSPS) is 10.7. The number of benzene rings is 3. The number of rotatable bonds is 7. The minimum absolute atomic E-state index is 0.0550. The van der Waals surface area contributed by atoms with Gasteiger partial charge < -0.3 is 0 Å². The molecular weight excluding hydrogens is 388 g/mol. The molecule has 0 spiro atoms. The Bertz CT molecular complexity index is 818. The van der Waals surface area contributed by atoms with Gasteiger partial charge in [-0.25, -0.2) is 0 Å². The first-order valence-electron chi connectivity index (χ1n) is 8.55. The second-order valence-electron chi connectivity index (χ2n) is 6.24. The second-order valence-corrected chi connectivity index (χ2v) is 7.15. The van der Waals surface area contributed by atoms with Crippen LogP contribution >= 0.6 is 15.9 Å². The molecule has 0 aromatic heterocycles. The molecule has 0 radical (unpaired) electrons. The molecule has 0 aliphatic carbocycles. The molecule has 3 aromatic carbocycles. The van der Waals surface area contributed by atoms with E-state index in [-0.39, 0.29) is 17.5 Å². The van der Waals surface area contributed by atoms with Crippen molar-refractivity contribution in [2.45, 2.75) is 18.8 Å². The monoisotopic (exact) mass is 406 g/mol. The lowest BCUT2D eigenvalue weighted by Crippen LogP contribution is -2.12. The molecule has 0 fully saturated rings. The minimum atomic E-state index is -0.150. The lowest BCUT2D eigenvalue weighted by atomic mass is 9.86.